The molecule has 0 unspecified atom stereocenters. The molecule has 3 N–H and O–H groups in total. The van der Waals surface area contributed by atoms with Crippen molar-refractivity contribution in [2.75, 3.05) is 42.9 Å². The molecule has 5 rings (SSSR count). The van der Waals surface area contributed by atoms with E-state index in [0.29, 0.717) is 6.54 Å². The second-order valence-corrected chi connectivity index (χ2v) is 7.99. The predicted molar refractivity (Wildman–Crippen MR) is 132 cm³/mol. The second kappa shape index (κ2) is 9.30. The minimum Gasteiger partial charge on any atom is -0.354 e. The summed E-state index contributed by atoms with van der Waals surface area (Å²) in [6.07, 6.45) is 5.82. The summed E-state index contributed by atoms with van der Waals surface area (Å²) in [5.41, 5.74) is 5.67. The maximum atomic E-state index is 11.9. The lowest BCUT2D eigenvalue weighted by molar-refractivity contribution is 0.252. The number of nitrogens with one attached hydrogen (secondary N) is 3. The Bertz CT molecular complexity index is 1260. The molecule has 3 aromatic heterocycles. The molecule has 168 valence electrons. The Morgan fingerprint density at radius 3 is 2.67 bits per heavy atom. The summed E-state index contributed by atoms with van der Waals surface area (Å²) in [7, 11) is 0. The standard InChI is InChI=1S/C25H27N7O/c1-2-27-25(33)30-21-5-3-4-19(14-21)22-17-29-24-15-18(8-11-32(22)24)20-6-7-23(28-16-20)31-12-9-26-10-13-31/h3-8,11,14-17,26H,2,9-10,12-13H2,1H3,(H2,27,30,33). The lowest BCUT2D eigenvalue weighted by Crippen LogP contribution is -2.43. The highest BCUT2D eigenvalue weighted by atomic mass is 16.2. The van der Waals surface area contributed by atoms with Gasteiger partial charge in [-0.3, -0.25) is 4.40 Å². The van der Waals surface area contributed by atoms with Crippen molar-refractivity contribution in [3.05, 3.63) is 67.1 Å². The minimum absolute atomic E-state index is 0.214. The van der Waals surface area contributed by atoms with Crippen LogP contribution in [0.15, 0.2) is 67.1 Å². The van der Waals surface area contributed by atoms with E-state index in [1.54, 1.807) is 0 Å². The van der Waals surface area contributed by atoms with E-state index < -0.39 is 0 Å². The fraction of sp³-hybridized carbons (Fsp3) is 0.240. The van der Waals surface area contributed by atoms with E-state index in [1.165, 1.54) is 0 Å². The molecule has 2 amide bonds. The third kappa shape index (κ3) is 4.51. The summed E-state index contributed by atoms with van der Waals surface area (Å²) in [5, 5.41) is 8.97. The average molecular weight is 442 g/mol. The number of carbonyl (C=O) groups is 1. The second-order valence-electron chi connectivity index (χ2n) is 7.99. The van der Waals surface area contributed by atoms with Crippen molar-refractivity contribution in [1.29, 1.82) is 0 Å². The van der Waals surface area contributed by atoms with Crippen LogP contribution in [0.4, 0.5) is 16.3 Å². The Morgan fingerprint density at radius 1 is 1.00 bits per heavy atom. The van der Waals surface area contributed by atoms with E-state index in [2.05, 4.69) is 59.5 Å². The molecule has 8 nitrogen and oxygen atoms in total. The van der Waals surface area contributed by atoms with Gasteiger partial charge >= 0.3 is 6.03 Å². The highest BCUT2D eigenvalue weighted by Gasteiger charge is 2.12. The summed E-state index contributed by atoms with van der Waals surface area (Å²) in [5.74, 6) is 1.02. The number of amides is 2. The van der Waals surface area contributed by atoms with E-state index in [-0.39, 0.29) is 6.03 Å². The van der Waals surface area contributed by atoms with Crippen molar-refractivity contribution in [2.24, 2.45) is 0 Å². The van der Waals surface area contributed by atoms with Crippen LogP contribution in [0, 0.1) is 0 Å². The molecule has 1 aliphatic heterocycles. The molecule has 1 aliphatic rings. The monoisotopic (exact) mass is 441 g/mol. The van der Waals surface area contributed by atoms with E-state index in [1.807, 2.05) is 49.8 Å². The number of carbonyl (C=O) groups excluding carboxylic acids is 1. The van der Waals surface area contributed by atoms with E-state index in [9.17, 15) is 4.79 Å². The quantitative estimate of drug-likeness (QED) is 0.440. The lowest BCUT2D eigenvalue weighted by atomic mass is 10.1. The Balaban J connectivity index is 1.38. The van der Waals surface area contributed by atoms with Crippen molar-refractivity contribution in [2.45, 2.75) is 6.92 Å². The van der Waals surface area contributed by atoms with Gasteiger partial charge in [0.05, 0.1) is 11.9 Å². The smallest absolute Gasteiger partial charge is 0.319 e. The van der Waals surface area contributed by atoms with Gasteiger partial charge in [0.2, 0.25) is 0 Å². The highest BCUT2D eigenvalue weighted by Crippen LogP contribution is 2.27. The van der Waals surface area contributed by atoms with Crippen LogP contribution in [0.25, 0.3) is 28.0 Å². The van der Waals surface area contributed by atoms with Crippen molar-refractivity contribution < 1.29 is 4.79 Å². The number of urea groups is 1. The topological polar surface area (TPSA) is 86.6 Å². The molecule has 1 fully saturated rings. The van der Waals surface area contributed by atoms with Crippen LogP contribution >= 0.6 is 0 Å². The number of fused-ring (bicyclic) bond motifs is 1. The molecular weight excluding hydrogens is 414 g/mol. The van der Waals surface area contributed by atoms with Gasteiger partial charge in [-0.25, -0.2) is 14.8 Å². The largest absolute Gasteiger partial charge is 0.354 e. The predicted octanol–water partition coefficient (Wildman–Crippen LogP) is 3.61. The Hall–Kier alpha value is -3.91. The van der Waals surface area contributed by atoms with Crippen LogP contribution in [0.5, 0.6) is 0 Å². The number of aromatic nitrogens is 3. The number of hydrogen-bond acceptors (Lipinski definition) is 5. The van der Waals surface area contributed by atoms with Gasteiger partial charge in [0.25, 0.3) is 0 Å². The fourth-order valence-electron chi connectivity index (χ4n) is 4.10. The number of pyridine rings is 2. The normalized spacial score (nSPS) is 13.8. The Labute approximate surface area is 192 Å². The number of piperazine rings is 1. The fourth-order valence-corrected chi connectivity index (χ4v) is 4.10. The summed E-state index contributed by atoms with van der Waals surface area (Å²) in [6.45, 7) is 6.42. The summed E-state index contributed by atoms with van der Waals surface area (Å²) in [6, 6.07) is 15.9. The van der Waals surface area contributed by atoms with Crippen LogP contribution in [0.1, 0.15) is 6.92 Å². The van der Waals surface area contributed by atoms with Crippen molar-refractivity contribution in [1.82, 2.24) is 25.0 Å². The number of imidazole rings is 1. The molecule has 1 aromatic carbocycles. The molecule has 0 atom stereocenters. The molecular formula is C25H27N7O. The number of rotatable bonds is 5. The molecule has 1 saturated heterocycles. The molecule has 4 aromatic rings. The van der Waals surface area contributed by atoms with E-state index >= 15 is 0 Å². The highest BCUT2D eigenvalue weighted by molar-refractivity contribution is 5.90. The van der Waals surface area contributed by atoms with Crippen molar-refractivity contribution >= 4 is 23.2 Å². The summed E-state index contributed by atoms with van der Waals surface area (Å²) < 4.78 is 2.05. The zero-order chi connectivity index (χ0) is 22.6. The van der Waals surface area contributed by atoms with Crippen LogP contribution < -0.4 is 20.9 Å². The van der Waals surface area contributed by atoms with Crippen LogP contribution in [0.2, 0.25) is 0 Å². The van der Waals surface area contributed by atoms with Gasteiger partial charge < -0.3 is 20.9 Å². The molecule has 8 heteroatoms. The van der Waals surface area contributed by atoms with Gasteiger partial charge in [-0.15, -0.1) is 0 Å². The molecule has 0 spiro atoms. The van der Waals surface area contributed by atoms with Gasteiger partial charge in [-0.1, -0.05) is 12.1 Å². The van der Waals surface area contributed by atoms with Gasteiger partial charge in [0.1, 0.15) is 11.5 Å². The van der Waals surface area contributed by atoms with Crippen LogP contribution in [-0.2, 0) is 0 Å². The first-order valence-corrected chi connectivity index (χ1v) is 11.3. The van der Waals surface area contributed by atoms with E-state index in [0.717, 1.165) is 65.7 Å². The Kier molecular flexibility index (Phi) is 5.91. The molecule has 0 saturated carbocycles. The zero-order valence-corrected chi connectivity index (χ0v) is 18.6. The van der Waals surface area contributed by atoms with Gasteiger partial charge in [0, 0.05) is 61.9 Å². The van der Waals surface area contributed by atoms with Gasteiger partial charge in [-0.05, 0) is 48.9 Å². The molecule has 4 heterocycles. The van der Waals surface area contributed by atoms with Gasteiger partial charge in [-0.2, -0.15) is 0 Å². The third-order valence-corrected chi connectivity index (χ3v) is 5.79. The van der Waals surface area contributed by atoms with E-state index in [4.69, 9.17) is 0 Å². The first-order valence-electron chi connectivity index (χ1n) is 11.3. The minimum atomic E-state index is -0.214. The number of benzene rings is 1. The maximum absolute atomic E-state index is 11.9. The summed E-state index contributed by atoms with van der Waals surface area (Å²) >= 11 is 0. The molecule has 0 bridgehead atoms. The molecule has 0 radical (unpaired) electrons. The number of anilines is 2. The van der Waals surface area contributed by atoms with Crippen LogP contribution in [0.3, 0.4) is 0 Å². The van der Waals surface area contributed by atoms with Crippen molar-refractivity contribution in [3.8, 4) is 22.4 Å². The maximum Gasteiger partial charge on any atom is 0.319 e. The number of hydrogen-bond donors (Lipinski definition) is 3. The van der Waals surface area contributed by atoms with Crippen LogP contribution in [-0.4, -0.2) is 53.1 Å². The SMILES string of the molecule is CCNC(=O)Nc1cccc(-c2cnc3cc(-c4ccc(N5CCNCC5)nc4)ccn23)c1. The van der Waals surface area contributed by atoms with Crippen molar-refractivity contribution in [3.63, 3.8) is 0 Å². The Morgan fingerprint density at radius 2 is 1.88 bits per heavy atom. The number of nitrogens with zero attached hydrogens (tertiary/aromatic N) is 4. The first-order chi connectivity index (χ1) is 16.2. The van der Waals surface area contributed by atoms with Gasteiger partial charge in [0.15, 0.2) is 0 Å². The summed E-state index contributed by atoms with van der Waals surface area (Å²) in [4.78, 5) is 23.5. The zero-order valence-electron chi connectivity index (χ0n) is 18.6. The molecule has 33 heavy (non-hydrogen) atoms. The average Bonchev–Trinajstić information content (AvgIpc) is 3.28. The lowest BCUT2D eigenvalue weighted by Gasteiger charge is -2.28. The first kappa shape index (κ1) is 21.0. The molecule has 0 aliphatic carbocycles. The third-order valence-electron chi connectivity index (χ3n) is 5.79.